The van der Waals surface area contributed by atoms with Gasteiger partial charge in [-0.05, 0) is 25.5 Å². The summed E-state index contributed by atoms with van der Waals surface area (Å²) in [7, 11) is 3.87. The molecule has 1 aliphatic rings. The zero-order valence-electron chi connectivity index (χ0n) is 12.0. The van der Waals surface area contributed by atoms with E-state index in [9.17, 15) is 0 Å². The number of nitrogens with one attached hydrogen (secondary N) is 1. The molecule has 3 nitrogen and oxygen atoms in total. The Balaban J connectivity index is 1.98. The summed E-state index contributed by atoms with van der Waals surface area (Å²) >= 11 is 0. The van der Waals surface area contributed by atoms with Gasteiger partial charge in [0.1, 0.15) is 0 Å². The van der Waals surface area contributed by atoms with Crippen LogP contribution in [0.2, 0.25) is 0 Å². The van der Waals surface area contributed by atoms with E-state index >= 15 is 0 Å². The highest BCUT2D eigenvalue weighted by Gasteiger charge is 2.39. The fourth-order valence-electron chi connectivity index (χ4n) is 3.04. The van der Waals surface area contributed by atoms with Crippen LogP contribution in [0, 0.1) is 0 Å². The van der Waals surface area contributed by atoms with E-state index in [2.05, 4.69) is 35.6 Å². The molecule has 1 heterocycles. The Morgan fingerprint density at radius 1 is 1.26 bits per heavy atom. The minimum Gasteiger partial charge on any atom is -0.381 e. The maximum Gasteiger partial charge on any atom is 0.0874 e. The van der Waals surface area contributed by atoms with Gasteiger partial charge in [0, 0.05) is 39.2 Å². The molecule has 1 unspecified atom stereocenters. The summed E-state index contributed by atoms with van der Waals surface area (Å²) < 4.78 is 11.4. The first-order chi connectivity index (χ1) is 9.30. The number of methoxy groups -OCH3 is 1. The fraction of sp³-hybridized carbons (Fsp3) is 0.625. The van der Waals surface area contributed by atoms with Gasteiger partial charge < -0.3 is 14.8 Å². The summed E-state index contributed by atoms with van der Waals surface area (Å²) in [5, 5.41) is 3.45. The first kappa shape index (κ1) is 14.5. The molecule has 1 fully saturated rings. The van der Waals surface area contributed by atoms with Crippen molar-refractivity contribution in [3.63, 3.8) is 0 Å². The fourth-order valence-corrected chi connectivity index (χ4v) is 3.04. The third-order valence-electron chi connectivity index (χ3n) is 4.29. The number of ether oxygens (including phenoxy) is 2. The molecular weight excluding hydrogens is 238 g/mol. The van der Waals surface area contributed by atoms with Crippen molar-refractivity contribution in [3.8, 4) is 0 Å². The quantitative estimate of drug-likeness (QED) is 0.855. The van der Waals surface area contributed by atoms with Gasteiger partial charge in [-0.2, -0.15) is 0 Å². The van der Waals surface area contributed by atoms with Crippen LogP contribution in [0.1, 0.15) is 24.8 Å². The van der Waals surface area contributed by atoms with Gasteiger partial charge in [-0.15, -0.1) is 0 Å². The predicted molar refractivity (Wildman–Crippen MR) is 77.4 cm³/mol. The average molecular weight is 263 g/mol. The van der Waals surface area contributed by atoms with Crippen LogP contribution < -0.4 is 5.32 Å². The maximum atomic E-state index is 5.88. The minimum absolute atomic E-state index is 0.0677. The molecule has 0 spiro atoms. The summed E-state index contributed by atoms with van der Waals surface area (Å²) in [4.78, 5) is 0. The second-order valence-electron chi connectivity index (χ2n) is 5.25. The Bertz CT molecular complexity index is 360. The third-order valence-corrected chi connectivity index (χ3v) is 4.29. The molecule has 106 valence electrons. The van der Waals surface area contributed by atoms with Gasteiger partial charge in [0.2, 0.25) is 0 Å². The van der Waals surface area contributed by atoms with E-state index in [-0.39, 0.29) is 5.60 Å². The molecule has 1 atom stereocenters. The smallest absolute Gasteiger partial charge is 0.0874 e. The largest absolute Gasteiger partial charge is 0.381 e. The van der Waals surface area contributed by atoms with Gasteiger partial charge in [-0.25, -0.2) is 0 Å². The van der Waals surface area contributed by atoms with Crippen molar-refractivity contribution in [2.75, 3.05) is 27.4 Å². The first-order valence-electron chi connectivity index (χ1n) is 7.15. The van der Waals surface area contributed by atoms with E-state index < -0.39 is 0 Å². The summed E-state index contributed by atoms with van der Waals surface area (Å²) in [6, 6.07) is 11.0. The van der Waals surface area contributed by atoms with E-state index in [1.807, 2.05) is 14.2 Å². The number of hydrogen-bond donors (Lipinski definition) is 1. The zero-order chi connectivity index (χ0) is 13.6. The molecule has 19 heavy (non-hydrogen) atoms. The molecular formula is C16H25NO2. The van der Waals surface area contributed by atoms with E-state index in [1.54, 1.807) is 0 Å². The molecule has 1 aliphatic heterocycles. The lowest BCUT2D eigenvalue weighted by atomic mass is 9.83. The highest BCUT2D eigenvalue weighted by atomic mass is 16.5. The average Bonchev–Trinajstić information content (AvgIpc) is 2.50. The van der Waals surface area contributed by atoms with Gasteiger partial charge in [-0.3, -0.25) is 0 Å². The van der Waals surface area contributed by atoms with Crippen molar-refractivity contribution in [3.05, 3.63) is 35.9 Å². The number of hydrogen-bond acceptors (Lipinski definition) is 3. The Morgan fingerprint density at radius 2 is 1.95 bits per heavy atom. The highest BCUT2D eigenvalue weighted by Crippen LogP contribution is 2.30. The molecule has 1 saturated heterocycles. The molecule has 3 heteroatoms. The van der Waals surface area contributed by atoms with Crippen LogP contribution in [0.25, 0.3) is 0 Å². The Hall–Kier alpha value is -0.900. The van der Waals surface area contributed by atoms with Crippen LogP contribution in [0.15, 0.2) is 30.3 Å². The predicted octanol–water partition coefficient (Wildman–Crippen LogP) is 2.40. The molecule has 0 amide bonds. The van der Waals surface area contributed by atoms with Crippen LogP contribution in [0.4, 0.5) is 0 Å². The summed E-state index contributed by atoms with van der Waals surface area (Å²) in [5.74, 6) is 0. The highest BCUT2D eigenvalue weighted by molar-refractivity contribution is 5.15. The minimum atomic E-state index is -0.0677. The number of likely N-dealkylation sites (N-methyl/N-ethyl adjacent to an activating group) is 1. The zero-order valence-corrected chi connectivity index (χ0v) is 12.0. The van der Waals surface area contributed by atoms with E-state index in [0.29, 0.717) is 6.04 Å². The van der Waals surface area contributed by atoms with Crippen LogP contribution in [-0.4, -0.2) is 39.0 Å². The molecule has 1 aromatic carbocycles. The van der Waals surface area contributed by atoms with Crippen molar-refractivity contribution in [2.24, 2.45) is 0 Å². The second kappa shape index (κ2) is 7.04. The molecule has 2 rings (SSSR count). The Morgan fingerprint density at radius 3 is 2.53 bits per heavy atom. The van der Waals surface area contributed by atoms with Crippen LogP contribution in [-0.2, 0) is 15.9 Å². The normalized spacial score (nSPS) is 20.1. The molecule has 0 aliphatic carbocycles. The van der Waals surface area contributed by atoms with E-state index in [1.165, 1.54) is 5.56 Å². The van der Waals surface area contributed by atoms with Crippen LogP contribution in [0.5, 0.6) is 0 Å². The Labute approximate surface area is 116 Å². The lowest BCUT2D eigenvalue weighted by Crippen LogP contribution is -2.54. The topological polar surface area (TPSA) is 30.5 Å². The van der Waals surface area contributed by atoms with E-state index in [4.69, 9.17) is 9.47 Å². The molecule has 0 radical (unpaired) electrons. The van der Waals surface area contributed by atoms with Crippen molar-refractivity contribution in [1.29, 1.82) is 0 Å². The molecule has 1 N–H and O–H groups in total. The van der Waals surface area contributed by atoms with Crippen LogP contribution >= 0.6 is 0 Å². The van der Waals surface area contributed by atoms with Crippen molar-refractivity contribution in [1.82, 2.24) is 5.32 Å². The SMILES string of the molecule is CNC(CCc1ccccc1)C1(OC)CCOCC1. The number of benzene rings is 1. The molecule has 0 aromatic heterocycles. The van der Waals surface area contributed by atoms with Gasteiger partial charge in [0.25, 0.3) is 0 Å². The summed E-state index contributed by atoms with van der Waals surface area (Å²) in [6.45, 7) is 1.61. The Kier molecular flexibility index (Phi) is 5.37. The number of rotatable bonds is 6. The molecule has 0 saturated carbocycles. The molecule has 0 bridgehead atoms. The molecule has 1 aromatic rings. The monoisotopic (exact) mass is 263 g/mol. The van der Waals surface area contributed by atoms with Crippen molar-refractivity contribution < 1.29 is 9.47 Å². The first-order valence-corrected chi connectivity index (χ1v) is 7.15. The van der Waals surface area contributed by atoms with Gasteiger partial charge in [-0.1, -0.05) is 30.3 Å². The third kappa shape index (κ3) is 3.56. The van der Waals surface area contributed by atoms with E-state index in [0.717, 1.165) is 38.9 Å². The van der Waals surface area contributed by atoms with Crippen LogP contribution in [0.3, 0.4) is 0 Å². The van der Waals surface area contributed by atoms with Gasteiger partial charge in [0.05, 0.1) is 5.60 Å². The standard InChI is InChI=1S/C16H25NO2/c1-17-15(9-8-14-6-4-3-5-7-14)16(18-2)10-12-19-13-11-16/h3-7,15,17H,8-13H2,1-2H3. The maximum absolute atomic E-state index is 5.88. The van der Waals surface area contributed by atoms with Crippen molar-refractivity contribution in [2.45, 2.75) is 37.3 Å². The van der Waals surface area contributed by atoms with Gasteiger partial charge in [0.15, 0.2) is 0 Å². The lowest BCUT2D eigenvalue weighted by molar-refractivity contribution is -0.110. The van der Waals surface area contributed by atoms with Gasteiger partial charge >= 0.3 is 0 Å². The summed E-state index contributed by atoms with van der Waals surface area (Å²) in [6.07, 6.45) is 4.13. The van der Waals surface area contributed by atoms with Crippen molar-refractivity contribution >= 4 is 0 Å². The lowest BCUT2D eigenvalue weighted by Gasteiger charge is -2.42. The number of aryl methyl sites for hydroxylation is 1. The second-order valence-corrected chi connectivity index (χ2v) is 5.25. The summed E-state index contributed by atoms with van der Waals surface area (Å²) in [5.41, 5.74) is 1.32.